The van der Waals surface area contributed by atoms with Crippen LogP contribution in [0.4, 0.5) is 5.69 Å². The van der Waals surface area contributed by atoms with E-state index in [1.54, 1.807) is 32.0 Å². The second kappa shape index (κ2) is 11.2. The van der Waals surface area contributed by atoms with E-state index < -0.39 is 36.3 Å². The van der Waals surface area contributed by atoms with Crippen molar-refractivity contribution in [3.8, 4) is 0 Å². The Morgan fingerprint density at radius 3 is 2.00 bits per heavy atom. The summed E-state index contributed by atoms with van der Waals surface area (Å²) in [5, 5.41) is 1.61. The molecule has 0 saturated heterocycles. The summed E-state index contributed by atoms with van der Waals surface area (Å²) < 4.78 is 5.15. The lowest BCUT2D eigenvalue weighted by molar-refractivity contribution is -0.151. The van der Waals surface area contributed by atoms with Gasteiger partial charge in [-0.3, -0.25) is 24.1 Å². The predicted octanol–water partition coefficient (Wildman–Crippen LogP) is 5.70. The van der Waals surface area contributed by atoms with Gasteiger partial charge in [0, 0.05) is 11.3 Å². The molecule has 2 aromatic carbocycles. The van der Waals surface area contributed by atoms with Crippen LogP contribution in [0.2, 0.25) is 20.1 Å². The van der Waals surface area contributed by atoms with Crippen LogP contribution in [0.3, 0.4) is 0 Å². The van der Waals surface area contributed by atoms with Crippen LogP contribution in [0.15, 0.2) is 24.3 Å². The van der Waals surface area contributed by atoms with E-state index in [1.807, 2.05) is 0 Å². The molecule has 1 heterocycles. The van der Waals surface area contributed by atoms with Crippen LogP contribution in [0.1, 0.15) is 58.3 Å². The number of benzene rings is 2. The second-order valence-corrected chi connectivity index (χ2v) is 9.94. The van der Waals surface area contributed by atoms with Gasteiger partial charge in [0.15, 0.2) is 12.4 Å². The number of anilines is 1. The van der Waals surface area contributed by atoms with Crippen LogP contribution in [0.5, 0.6) is 0 Å². The average Bonchev–Trinajstić information content (AvgIpc) is 3.08. The number of amides is 3. The van der Waals surface area contributed by atoms with Gasteiger partial charge in [0.25, 0.3) is 17.7 Å². The van der Waals surface area contributed by atoms with Gasteiger partial charge in [-0.1, -0.05) is 72.4 Å². The summed E-state index contributed by atoms with van der Waals surface area (Å²) >= 11 is 24.4. The number of esters is 1. The number of ketones is 1. The Balaban J connectivity index is 1.80. The van der Waals surface area contributed by atoms with Crippen molar-refractivity contribution in [1.29, 1.82) is 0 Å². The quantitative estimate of drug-likeness (QED) is 0.143. The summed E-state index contributed by atoms with van der Waals surface area (Å²) in [5.74, 6) is -3.75. The van der Waals surface area contributed by atoms with Crippen LogP contribution < -0.4 is 5.32 Å². The molecule has 3 amide bonds. The Morgan fingerprint density at radius 1 is 0.944 bits per heavy atom. The standard InChI is InChI=1S/C24H20Cl4N2O6/c1-10(2)7-14(24(35)36-9-15(32)29-13-6-4-5-12(8-13)11(3)31)30-22(33)16-17(23(30)34)19(26)21(28)20(27)18(16)25/h4-6,8,10,14H,7,9H2,1-3H3,(H,29,32)/t14-/m0/s1. The summed E-state index contributed by atoms with van der Waals surface area (Å²) in [6, 6.07) is 4.86. The number of Topliss-reactive ketones (excluding diaryl/α,β-unsaturated/α-hetero) is 1. The number of imide groups is 1. The summed E-state index contributed by atoms with van der Waals surface area (Å²) in [6.45, 7) is 4.25. The van der Waals surface area contributed by atoms with E-state index in [1.165, 1.54) is 13.0 Å². The number of ether oxygens (including phenoxy) is 1. The number of carbonyl (C=O) groups excluding carboxylic acids is 5. The number of carbonyl (C=O) groups is 5. The number of hydrogen-bond donors (Lipinski definition) is 1. The van der Waals surface area contributed by atoms with Gasteiger partial charge in [-0.15, -0.1) is 0 Å². The summed E-state index contributed by atoms with van der Waals surface area (Å²) in [7, 11) is 0. The minimum atomic E-state index is -1.36. The van der Waals surface area contributed by atoms with E-state index in [0.717, 1.165) is 0 Å². The van der Waals surface area contributed by atoms with Crippen LogP contribution in [0.25, 0.3) is 0 Å². The molecule has 3 rings (SSSR count). The molecule has 0 radical (unpaired) electrons. The third-order valence-corrected chi connectivity index (χ3v) is 7.11. The highest BCUT2D eigenvalue weighted by molar-refractivity contribution is 6.55. The maximum Gasteiger partial charge on any atom is 0.329 e. The van der Waals surface area contributed by atoms with Gasteiger partial charge in [-0.2, -0.15) is 0 Å². The molecule has 36 heavy (non-hydrogen) atoms. The molecule has 8 nitrogen and oxygen atoms in total. The van der Waals surface area contributed by atoms with E-state index >= 15 is 0 Å². The first-order valence-electron chi connectivity index (χ1n) is 10.7. The van der Waals surface area contributed by atoms with E-state index in [-0.39, 0.29) is 49.3 Å². The highest BCUT2D eigenvalue weighted by Gasteiger charge is 2.47. The van der Waals surface area contributed by atoms with Crippen molar-refractivity contribution in [2.75, 3.05) is 11.9 Å². The molecule has 0 fully saturated rings. The zero-order valence-electron chi connectivity index (χ0n) is 19.3. The lowest BCUT2D eigenvalue weighted by atomic mass is 10.0. The van der Waals surface area contributed by atoms with Crippen molar-refractivity contribution in [2.24, 2.45) is 5.92 Å². The molecule has 1 atom stereocenters. The highest BCUT2D eigenvalue weighted by atomic mass is 35.5. The molecule has 2 aromatic rings. The van der Waals surface area contributed by atoms with Crippen molar-refractivity contribution < 1.29 is 28.7 Å². The van der Waals surface area contributed by atoms with Crippen molar-refractivity contribution in [1.82, 2.24) is 4.90 Å². The summed E-state index contributed by atoms with van der Waals surface area (Å²) in [5.41, 5.74) is 0.210. The normalized spacial score (nSPS) is 13.6. The van der Waals surface area contributed by atoms with Gasteiger partial charge in [0.2, 0.25) is 0 Å². The fraction of sp³-hybridized carbons (Fsp3) is 0.292. The Bertz CT molecular complexity index is 1250. The van der Waals surface area contributed by atoms with Crippen molar-refractivity contribution in [3.05, 3.63) is 61.0 Å². The highest BCUT2D eigenvalue weighted by Crippen LogP contribution is 2.45. The second-order valence-electron chi connectivity index (χ2n) is 8.42. The lowest BCUT2D eigenvalue weighted by Gasteiger charge is -2.26. The smallest absolute Gasteiger partial charge is 0.329 e. The molecule has 12 heteroatoms. The van der Waals surface area contributed by atoms with Gasteiger partial charge >= 0.3 is 5.97 Å². The van der Waals surface area contributed by atoms with Gasteiger partial charge in [0.1, 0.15) is 6.04 Å². The number of rotatable bonds is 8. The van der Waals surface area contributed by atoms with Crippen LogP contribution in [-0.4, -0.2) is 47.0 Å². The lowest BCUT2D eigenvalue weighted by Crippen LogP contribution is -2.47. The Morgan fingerprint density at radius 2 is 1.50 bits per heavy atom. The summed E-state index contributed by atoms with van der Waals surface area (Å²) in [4.78, 5) is 63.9. The maximum absolute atomic E-state index is 13.2. The molecular weight excluding hydrogens is 554 g/mol. The number of fused-ring (bicyclic) bond motifs is 1. The zero-order valence-corrected chi connectivity index (χ0v) is 22.3. The molecule has 190 valence electrons. The van der Waals surface area contributed by atoms with Crippen LogP contribution in [0, 0.1) is 5.92 Å². The summed E-state index contributed by atoms with van der Waals surface area (Å²) in [6.07, 6.45) is 0.0449. The molecule has 1 aliphatic heterocycles. The maximum atomic E-state index is 13.2. The van der Waals surface area contributed by atoms with Gasteiger partial charge in [0.05, 0.1) is 31.2 Å². The van der Waals surface area contributed by atoms with E-state index in [2.05, 4.69) is 5.32 Å². The fourth-order valence-corrected chi connectivity index (χ4v) is 4.66. The minimum Gasteiger partial charge on any atom is -0.454 e. The number of hydrogen-bond acceptors (Lipinski definition) is 6. The van der Waals surface area contributed by atoms with Crippen molar-refractivity contribution >= 4 is 81.6 Å². The minimum absolute atomic E-state index is 0.0449. The first kappa shape index (κ1) is 27.9. The largest absolute Gasteiger partial charge is 0.454 e. The molecule has 0 aromatic heterocycles. The van der Waals surface area contributed by atoms with Gasteiger partial charge in [-0.25, -0.2) is 4.79 Å². The van der Waals surface area contributed by atoms with Crippen molar-refractivity contribution in [3.63, 3.8) is 0 Å². The van der Waals surface area contributed by atoms with Crippen LogP contribution in [-0.2, 0) is 14.3 Å². The predicted molar refractivity (Wildman–Crippen MR) is 136 cm³/mol. The topological polar surface area (TPSA) is 110 Å². The Labute approximate surface area is 226 Å². The zero-order chi connectivity index (χ0) is 26.9. The first-order valence-corrected chi connectivity index (χ1v) is 12.2. The fourth-order valence-electron chi connectivity index (χ4n) is 3.65. The molecular formula is C24H20Cl4N2O6. The monoisotopic (exact) mass is 572 g/mol. The molecule has 0 unspecified atom stereocenters. The van der Waals surface area contributed by atoms with E-state index in [0.29, 0.717) is 16.2 Å². The third-order valence-electron chi connectivity index (χ3n) is 5.31. The van der Waals surface area contributed by atoms with Crippen molar-refractivity contribution in [2.45, 2.75) is 33.2 Å². The molecule has 0 aliphatic carbocycles. The third kappa shape index (κ3) is 5.52. The molecule has 0 saturated carbocycles. The van der Waals surface area contributed by atoms with Gasteiger partial charge < -0.3 is 10.1 Å². The van der Waals surface area contributed by atoms with E-state index in [9.17, 15) is 24.0 Å². The Hall–Kier alpha value is -2.65. The molecule has 0 spiro atoms. The Kier molecular flexibility index (Phi) is 8.67. The molecule has 1 N–H and O–H groups in total. The SMILES string of the molecule is CC(=O)c1cccc(NC(=O)COC(=O)[C@H](CC(C)C)N2C(=O)c3c(Cl)c(Cl)c(Cl)c(Cl)c3C2=O)c1. The average molecular weight is 574 g/mol. The number of nitrogens with zero attached hydrogens (tertiary/aromatic N) is 1. The first-order chi connectivity index (χ1) is 16.8. The molecule has 0 bridgehead atoms. The van der Waals surface area contributed by atoms with Crippen LogP contribution >= 0.6 is 46.4 Å². The number of halogens is 4. The number of nitrogens with one attached hydrogen (secondary N) is 1. The van der Waals surface area contributed by atoms with E-state index in [4.69, 9.17) is 51.1 Å². The molecule has 1 aliphatic rings. The van der Waals surface area contributed by atoms with Gasteiger partial charge in [-0.05, 0) is 31.4 Å².